The molecule has 3 saturated carbocycles. The number of amides is 1. The van der Waals surface area contributed by atoms with E-state index in [1.165, 1.54) is 38.5 Å². The number of carbonyl (C=O) groups is 1. The Kier molecular flexibility index (Phi) is 4.64. The first kappa shape index (κ1) is 17.7. The Bertz CT molecular complexity index is 824. The van der Waals surface area contributed by atoms with Crippen molar-refractivity contribution in [1.82, 2.24) is 9.88 Å². The van der Waals surface area contributed by atoms with E-state index in [4.69, 9.17) is 15.7 Å². The van der Waals surface area contributed by atoms with Gasteiger partial charge in [-0.05, 0) is 55.9 Å². The minimum absolute atomic E-state index is 0.0101. The van der Waals surface area contributed by atoms with Gasteiger partial charge in [-0.1, -0.05) is 17.0 Å². The molecule has 6 heteroatoms. The van der Waals surface area contributed by atoms with Crippen molar-refractivity contribution in [2.75, 3.05) is 13.2 Å². The molecule has 3 fully saturated rings. The maximum atomic E-state index is 13.0. The van der Waals surface area contributed by atoms with Crippen LogP contribution >= 0.6 is 0 Å². The lowest BCUT2D eigenvalue weighted by Gasteiger charge is -2.46. The molecule has 0 aliphatic heterocycles. The van der Waals surface area contributed by atoms with Crippen molar-refractivity contribution in [2.24, 2.45) is 11.3 Å². The first-order valence-corrected chi connectivity index (χ1v) is 9.58. The summed E-state index contributed by atoms with van der Waals surface area (Å²) in [5.74, 6) is 0.819. The lowest BCUT2D eigenvalue weighted by molar-refractivity contribution is 0.0598. The van der Waals surface area contributed by atoms with Crippen LogP contribution in [0.4, 0.5) is 0 Å². The Hall–Kier alpha value is -1.68. The molecule has 4 nitrogen and oxygen atoms in total. The summed E-state index contributed by atoms with van der Waals surface area (Å²) in [6.07, 6.45) is 9.36. The third kappa shape index (κ3) is 3.09. The fraction of sp³-hybridized carbons (Fsp3) is 0.550. The summed E-state index contributed by atoms with van der Waals surface area (Å²) in [5, 5.41) is 13.2. The van der Waals surface area contributed by atoms with Crippen LogP contribution < -0.4 is 16.2 Å². The third-order valence-electron chi connectivity index (χ3n) is 6.49. The van der Waals surface area contributed by atoms with E-state index in [2.05, 4.69) is 5.32 Å². The van der Waals surface area contributed by atoms with Crippen LogP contribution in [0, 0.1) is 11.3 Å². The fourth-order valence-corrected chi connectivity index (χ4v) is 4.91. The Morgan fingerprint density at radius 3 is 2.58 bits per heavy atom. The number of aliphatic hydroxyl groups excluding tert-OH is 1. The molecule has 2 N–H and O–H groups in total. The zero-order valence-corrected chi connectivity index (χ0v) is 15.1. The summed E-state index contributed by atoms with van der Waals surface area (Å²) >= 11 is 0. The number of carbonyl (C=O) groups excluding carboxylic acids is 1. The molecule has 0 spiro atoms. The molecule has 4 radical (unpaired) electrons. The van der Waals surface area contributed by atoms with Crippen molar-refractivity contribution in [3.8, 4) is 0 Å². The first-order chi connectivity index (χ1) is 12.5. The van der Waals surface area contributed by atoms with Gasteiger partial charge in [-0.15, -0.1) is 0 Å². The number of hydrogen-bond donors (Lipinski definition) is 2. The van der Waals surface area contributed by atoms with Gasteiger partial charge in [-0.2, -0.15) is 0 Å². The molecule has 1 amide bonds. The zero-order valence-electron chi connectivity index (χ0n) is 15.1. The highest BCUT2D eigenvalue weighted by Gasteiger charge is 2.40. The zero-order chi connectivity index (χ0) is 18.3. The molecule has 2 bridgehead atoms. The molecule has 0 atom stereocenters. The fourth-order valence-electron chi connectivity index (χ4n) is 4.91. The average molecular weight is 346 g/mol. The molecule has 1 heterocycles. The summed E-state index contributed by atoms with van der Waals surface area (Å²) in [5.41, 5.74) is 2.68. The molecular weight excluding hydrogens is 322 g/mol. The molecule has 132 valence electrons. The van der Waals surface area contributed by atoms with Crippen molar-refractivity contribution >= 4 is 43.4 Å². The summed E-state index contributed by atoms with van der Waals surface area (Å²) in [6.45, 7) is 1.13. The predicted octanol–water partition coefficient (Wildman–Crippen LogP) is 0.921. The Balaban J connectivity index is 1.60. The minimum Gasteiger partial charge on any atom is -0.395 e. The lowest BCUT2D eigenvalue weighted by Crippen LogP contribution is -2.43. The quantitative estimate of drug-likeness (QED) is 0.792. The summed E-state index contributed by atoms with van der Waals surface area (Å²) < 4.78 is 1.85. The van der Waals surface area contributed by atoms with Gasteiger partial charge in [0, 0.05) is 30.2 Å². The van der Waals surface area contributed by atoms with E-state index in [-0.39, 0.29) is 17.9 Å². The molecule has 1 aromatic carbocycles. The van der Waals surface area contributed by atoms with Gasteiger partial charge in [0.2, 0.25) is 0 Å². The van der Waals surface area contributed by atoms with E-state index in [9.17, 15) is 9.90 Å². The van der Waals surface area contributed by atoms with Gasteiger partial charge in [0.05, 0.1) is 12.2 Å². The molecule has 3 aliphatic carbocycles. The predicted molar refractivity (Wildman–Crippen MR) is 106 cm³/mol. The van der Waals surface area contributed by atoms with Crippen LogP contribution in [0.25, 0.3) is 10.9 Å². The first-order valence-electron chi connectivity index (χ1n) is 9.58. The average Bonchev–Trinajstić information content (AvgIpc) is 3.00. The normalized spacial score (nSPS) is 24.9. The topological polar surface area (TPSA) is 54.3 Å². The van der Waals surface area contributed by atoms with E-state index >= 15 is 0 Å². The number of benzene rings is 1. The van der Waals surface area contributed by atoms with E-state index in [0.29, 0.717) is 23.0 Å². The molecule has 5 rings (SSSR count). The van der Waals surface area contributed by atoms with Crippen LogP contribution in [0.2, 0.25) is 0 Å². The second kappa shape index (κ2) is 6.80. The number of hydrogen-bond acceptors (Lipinski definition) is 2. The molecule has 1 aromatic heterocycles. The molecule has 0 unspecified atom stereocenters. The maximum Gasteiger partial charge on any atom is 0.253 e. The van der Waals surface area contributed by atoms with Crippen molar-refractivity contribution in [3.05, 3.63) is 23.9 Å². The van der Waals surface area contributed by atoms with E-state index < -0.39 is 0 Å². The number of rotatable bonds is 5. The molecule has 0 saturated heterocycles. The highest BCUT2D eigenvalue weighted by atomic mass is 16.3. The Labute approximate surface area is 157 Å². The van der Waals surface area contributed by atoms with E-state index in [0.717, 1.165) is 23.4 Å². The van der Waals surface area contributed by atoms with Gasteiger partial charge in [0.25, 0.3) is 5.91 Å². The summed E-state index contributed by atoms with van der Waals surface area (Å²) in [7, 11) is 12.1. The van der Waals surface area contributed by atoms with Gasteiger partial charge in [0.15, 0.2) is 0 Å². The van der Waals surface area contributed by atoms with Crippen molar-refractivity contribution in [3.63, 3.8) is 0 Å². The molecule has 2 aromatic rings. The van der Waals surface area contributed by atoms with Crippen LogP contribution in [-0.2, 0) is 6.54 Å². The Morgan fingerprint density at radius 2 is 1.92 bits per heavy atom. The standard InChI is InChI=1S/C20H24B2N2O2/c21-14-9-16(22)18-15(11-24(7-8-25)17(18)10-14)19(26)23-12-20-4-1-13(2-5-20)3-6-20/h9-11,13,25H,1-8,12H2,(H,23,26). The minimum atomic E-state index is -0.0924. The number of aromatic nitrogens is 1. The summed E-state index contributed by atoms with van der Waals surface area (Å²) in [6, 6.07) is 3.49. The number of aliphatic hydroxyl groups is 1. The Morgan fingerprint density at radius 1 is 1.23 bits per heavy atom. The van der Waals surface area contributed by atoms with E-state index in [1.54, 1.807) is 18.3 Å². The largest absolute Gasteiger partial charge is 0.395 e. The van der Waals surface area contributed by atoms with Gasteiger partial charge in [-0.3, -0.25) is 4.79 Å². The smallest absolute Gasteiger partial charge is 0.253 e. The number of nitrogens with zero attached hydrogens (tertiary/aromatic N) is 1. The second-order valence-corrected chi connectivity index (χ2v) is 8.13. The van der Waals surface area contributed by atoms with Crippen molar-refractivity contribution in [2.45, 2.75) is 45.1 Å². The SMILES string of the molecule is [B]c1cc([B])c2c(C(=O)NCC34CCC(CC3)CC4)cn(CCO)c2c1. The highest BCUT2D eigenvalue weighted by molar-refractivity contribution is 6.44. The van der Waals surface area contributed by atoms with Gasteiger partial charge >= 0.3 is 0 Å². The van der Waals surface area contributed by atoms with Gasteiger partial charge in [-0.25, -0.2) is 0 Å². The van der Waals surface area contributed by atoms with E-state index in [1.807, 2.05) is 4.57 Å². The van der Waals surface area contributed by atoms with Gasteiger partial charge < -0.3 is 15.0 Å². The maximum absolute atomic E-state index is 13.0. The summed E-state index contributed by atoms with van der Waals surface area (Å²) in [4.78, 5) is 13.0. The van der Waals surface area contributed by atoms with Crippen LogP contribution in [0.15, 0.2) is 18.3 Å². The highest BCUT2D eigenvalue weighted by Crippen LogP contribution is 2.49. The number of nitrogens with one attached hydrogen (secondary N) is 1. The molecule has 26 heavy (non-hydrogen) atoms. The molecular formula is C20H24B2N2O2. The monoisotopic (exact) mass is 346 g/mol. The second-order valence-electron chi connectivity index (χ2n) is 8.13. The lowest BCUT2D eigenvalue weighted by atomic mass is 9.61. The third-order valence-corrected chi connectivity index (χ3v) is 6.49. The van der Waals surface area contributed by atoms with Gasteiger partial charge in [0.1, 0.15) is 15.7 Å². The van der Waals surface area contributed by atoms with Crippen LogP contribution in [0.5, 0.6) is 0 Å². The number of fused-ring (bicyclic) bond motifs is 4. The van der Waals surface area contributed by atoms with Crippen molar-refractivity contribution < 1.29 is 9.90 Å². The van der Waals surface area contributed by atoms with Crippen LogP contribution in [0.3, 0.4) is 0 Å². The van der Waals surface area contributed by atoms with Crippen molar-refractivity contribution in [1.29, 1.82) is 0 Å². The van der Waals surface area contributed by atoms with Crippen LogP contribution in [0.1, 0.15) is 48.9 Å². The van der Waals surface area contributed by atoms with Crippen LogP contribution in [-0.4, -0.2) is 44.4 Å². The molecule has 3 aliphatic rings.